The highest BCUT2D eigenvalue weighted by molar-refractivity contribution is 7.98. The van der Waals surface area contributed by atoms with Crippen LogP contribution in [0.2, 0.25) is 0 Å². The first-order valence-electron chi connectivity index (χ1n) is 12.0. The summed E-state index contributed by atoms with van der Waals surface area (Å²) in [5, 5.41) is 18.3. The third kappa shape index (κ3) is 8.09. The van der Waals surface area contributed by atoms with Crippen LogP contribution in [0.5, 0.6) is 11.5 Å². The minimum Gasteiger partial charge on any atom is -0.453 e. The van der Waals surface area contributed by atoms with Gasteiger partial charge in [-0.2, -0.15) is 0 Å². The number of hydrogen-bond acceptors (Lipinski definition) is 9. The van der Waals surface area contributed by atoms with Crippen molar-refractivity contribution in [3.63, 3.8) is 0 Å². The first-order chi connectivity index (χ1) is 18.3. The van der Waals surface area contributed by atoms with Crippen molar-refractivity contribution in [2.75, 3.05) is 36.6 Å². The Morgan fingerprint density at radius 1 is 1.16 bits per heavy atom. The topological polar surface area (TPSA) is 139 Å². The largest absolute Gasteiger partial charge is 0.453 e. The molecule has 1 atom stereocenters. The molecular formula is C27H31FN6O3S. The fraction of sp³-hybridized carbons (Fsp3) is 0.259. The van der Waals surface area contributed by atoms with Crippen molar-refractivity contribution in [1.82, 2.24) is 15.2 Å². The number of nitrogen functional groups attached to an aromatic ring is 1. The van der Waals surface area contributed by atoms with Crippen molar-refractivity contribution in [3.05, 3.63) is 77.2 Å². The molecule has 1 unspecified atom stereocenters. The number of aromatic nitrogens is 1. The van der Waals surface area contributed by atoms with Gasteiger partial charge in [-0.05, 0) is 49.5 Å². The summed E-state index contributed by atoms with van der Waals surface area (Å²) in [7, 11) is 0. The zero-order valence-electron chi connectivity index (χ0n) is 21.2. The van der Waals surface area contributed by atoms with Gasteiger partial charge in [-0.3, -0.25) is 9.93 Å². The molecule has 11 heteroatoms. The quantitative estimate of drug-likeness (QED) is 0.184. The molecule has 1 amide bonds. The molecule has 0 aliphatic heterocycles. The molecule has 38 heavy (non-hydrogen) atoms. The lowest BCUT2D eigenvalue weighted by molar-refractivity contribution is 0.0869. The Kier molecular flexibility index (Phi) is 10.7. The van der Waals surface area contributed by atoms with Crippen LogP contribution in [-0.4, -0.2) is 53.2 Å². The van der Waals surface area contributed by atoms with Crippen LogP contribution in [0, 0.1) is 17.7 Å². The Bertz CT molecular complexity index is 1290. The van der Waals surface area contributed by atoms with Gasteiger partial charge >= 0.3 is 0 Å². The fourth-order valence-corrected chi connectivity index (χ4v) is 3.76. The Labute approximate surface area is 226 Å². The molecule has 0 fully saturated rings. The zero-order chi connectivity index (χ0) is 27.5. The van der Waals surface area contributed by atoms with Crippen LogP contribution in [0.25, 0.3) is 0 Å². The third-order valence-corrected chi connectivity index (χ3v) is 5.96. The number of aliphatic hydroxyl groups is 1. The van der Waals surface area contributed by atoms with E-state index in [-0.39, 0.29) is 29.8 Å². The molecule has 0 saturated heterocycles. The van der Waals surface area contributed by atoms with E-state index < -0.39 is 11.9 Å². The number of carbonyl (C=O) groups is 1. The number of hydrogen-bond donors (Lipinski definition) is 5. The standard InChI is InChI=1S/C27H31FN6O3S/c1-3-34(4-2)17-21(35)16-32-27(36)19-8-5-18(6-9-19)7-11-22-24(13-14-31-26(22)29)37-25-12-10-20(33-38-30)15-23(25)28/h5-6,8-10,12-15,21,33,35H,3-4,16-17,30H2,1-2H3,(H2,29,31)(H,32,36). The molecule has 1 aromatic heterocycles. The van der Waals surface area contributed by atoms with Crippen molar-refractivity contribution in [3.8, 4) is 23.3 Å². The van der Waals surface area contributed by atoms with Gasteiger partial charge in [-0.25, -0.2) is 9.37 Å². The lowest BCUT2D eigenvalue weighted by Crippen LogP contribution is -2.40. The molecule has 3 aromatic rings. The molecule has 7 N–H and O–H groups in total. The van der Waals surface area contributed by atoms with E-state index in [1.807, 2.05) is 13.8 Å². The summed E-state index contributed by atoms with van der Waals surface area (Å²) >= 11 is 0.857. The summed E-state index contributed by atoms with van der Waals surface area (Å²) < 4.78 is 23.0. The predicted octanol–water partition coefficient (Wildman–Crippen LogP) is 3.36. The van der Waals surface area contributed by atoms with Crippen molar-refractivity contribution in [1.29, 1.82) is 0 Å². The molecule has 3 rings (SSSR count). The minimum absolute atomic E-state index is 0.0104. The number of pyridine rings is 1. The second-order valence-electron chi connectivity index (χ2n) is 8.21. The molecule has 0 aliphatic carbocycles. The van der Waals surface area contributed by atoms with Gasteiger partial charge in [-0.15, -0.1) is 0 Å². The van der Waals surface area contributed by atoms with E-state index in [9.17, 15) is 14.3 Å². The average Bonchev–Trinajstić information content (AvgIpc) is 2.92. The summed E-state index contributed by atoms with van der Waals surface area (Å²) in [6.45, 7) is 6.36. The number of halogens is 1. The van der Waals surface area contributed by atoms with Gasteiger partial charge in [0.25, 0.3) is 5.91 Å². The summed E-state index contributed by atoms with van der Waals surface area (Å²) in [4.78, 5) is 18.6. The van der Waals surface area contributed by atoms with Crippen molar-refractivity contribution in [2.24, 2.45) is 5.14 Å². The Balaban J connectivity index is 1.68. The number of nitrogens with one attached hydrogen (secondary N) is 2. The Hall–Kier alpha value is -3.82. The fourth-order valence-electron chi connectivity index (χ4n) is 3.50. The first-order valence-corrected chi connectivity index (χ1v) is 12.9. The van der Waals surface area contributed by atoms with Crippen LogP contribution in [0.1, 0.15) is 35.3 Å². The highest BCUT2D eigenvalue weighted by atomic mass is 32.2. The van der Waals surface area contributed by atoms with Gasteiger partial charge in [0.15, 0.2) is 11.6 Å². The molecule has 0 spiro atoms. The van der Waals surface area contributed by atoms with E-state index in [0.717, 1.165) is 25.2 Å². The zero-order valence-corrected chi connectivity index (χ0v) is 22.0. The van der Waals surface area contributed by atoms with E-state index >= 15 is 0 Å². The van der Waals surface area contributed by atoms with Crippen LogP contribution >= 0.6 is 12.1 Å². The number of ether oxygens (including phenoxy) is 1. The maximum Gasteiger partial charge on any atom is 0.251 e. The number of nitrogens with two attached hydrogens (primary N) is 2. The summed E-state index contributed by atoms with van der Waals surface area (Å²) in [6, 6.07) is 12.6. The molecule has 0 bridgehead atoms. The monoisotopic (exact) mass is 538 g/mol. The number of benzene rings is 2. The van der Waals surface area contributed by atoms with Crippen LogP contribution in [0.3, 0.4) is 0 Å². The highest BCUT2D eigenvalue weighted by Gasteiger charge is 2.13. The summed E-state index contributed by atoms with van der Waals surface area (Å²) in [6.07, 6.45) is 0.791. The molecular weight excluding hydrogens is 507 g/mol. The van der Waals surface area contributed by atoms with E-state index in [1.54, 1.807) is 36.4 Å². The van der Waals surface area contributed by atoms with E-state index in [0.29, 0.717) is 28.9 Å². The van der Waals surface area contributed by atoms with E-state index in [4.69, 9.17) is 15.6 Å². The molecule has 2 aromatic carbocycles. The minimum atomic E-state index is -0.654. The number of carbonyl (C=O) groups excluding carboxylic acids is 1. The van der Waals surface area contributed by atoms with Gasteiger partial charge in [0.1, 0.15) is 17.1 Å². The SMILES string of the molecule is CCN(CC)CC(O)CNC(=O)c1ccc(C#Cc2c(Oc3ccc(NSN)cc3F)ccnc2N)cc1. The van der Waals surface area contributed by atoms with Crippen LogP contribution in [0.15, 0.2) is 54.7 Å². The van der Waals surface area contributed by atoms with Crippen LogP contribution in [-0.2, 0) is 0 Å². The molecule has 0 aliphatic rings. The highest BCUT2D eigenvalue weighted by Crippen LogP contribution is 2.30. The normalized spacial score (nSPS) is 11.4. The lowest BCUT2D eigenvalue weighted by Gasteiger charge is -2.22. The second kappa shape index (κ2) is 14.2. The second-order valence-corrected chi connectivity index (χ2v) is 8.65. The Morgan fingerprint density at radius 2 is 1.89 bits per heavy atom. The van der Waals surface area contributed by atoms with E-state index in [1.165, 1.54) is 18.3 Å². The Morgan fingerprint density at radius 3 is 2.55 bits per heavy atom. The number of anilines is 2. The van der Waals surface area contributed by atoms with Gasteiger partial charge in [-0.1, -0.05) is 25.7 Å². The average molecular weight is 539 g/mol. The molecule has 9 nitrogen and oxygen atoms in total. The number of amides is 1. The molecule has 0 saturated carbocycles. The van der Waals surface area contributed by atoms with Gasteiger partial charge in [0.2, 0.25) is 0 Å². The predicted molar refractivity (Wildman–Crippen MR) is 149 cm³/mol. The van der Waals surface area contributed by atoms with Crippen molar-refractivity contribution in [2.45, 2.75) is 20.0 Å². The third-order valence-electron chi connectivity index (χ3n) is 5.61. The first kappa shape index (κ1) is 28.7. The van der Waals surface area contributed by atoms with Crippen LogP contribution < -0.4 is 25.6 Å². The molecule has 200 valence electrons. The smallest absolute Gasteiger partial charge is 0.251 e. The number of rotatable bonds is 11. The van der Waals surface area contributed by atoms with Gasteiger partial charge in [0.05, 0.1) is 6.10 Å². The van der Waals surface area contributed by atoms with Crippen molar-refractivity contribution < 1.29 is 19.0 Å². The molecule has 0 radical (unpaired) electrons. The number of nitrogens with zero attached hydrogens (tertiary/aromatic N) is 2. The molecule has 1 heterocycles. The maximum atomic E-state index is 14.5. The number of likely N-dealkylation sites (N-methyl/N-ethyl adjacent to an activating group) is 1. The van der Waals surface area contributed by atoms with Gasteiger partial charge in [0, 0.05) is 60.4 Å². The summed E-state index contributed by atoms with van der Waals surface area (Å²) in [5.74, 6) is 5.39. The van der Waals surface area contributed by atoms with Gasteiger partial charge < -0.3 is 30.5 Å². The maximum absolute atomic E-state index is 14.5. The van der Waals surface area contributed by atoms with E-state index in [2.05, 4.69) is 31.8 Å². The van der Waals surface area contributed by atoms with Crippen molar-refractivity contribution >= 4 is 29.5 Å². The number of aliphatic hydroxyl groups excluding tert-OH is 1. The van der Waals surface area contributed by atoms with Crippen LogP contribution in [0.4, 0.5) is 15.9 Å². The lowest BCUT2D eigenvalue weighted by atomic mass is 10.1. The summed E-state index contributed by atoms with van der Waals surface area (Å²) in [5.41, 5.74) is 7.88.